The van der Waals surface area contributed by atoms with Crippen LogP contribution in [0.3, 0.4) is 0 Å². The van der Waals surface area contributed by atoms with Gasteiger partial charge in [-0.3, -0.25) is 4.79 Å². The number of fused-ring (bicyclic) bond motifs is 1. The summed E-state index contributed by atoms with van der Waals surface area (Å²) in [5.74, 6) is 1.69. The summed E-state index contributed by atoms with van der Waals surface area (Å²) >= 11 is 0. The standard InChI is InChI=1S/C20H23NO5/c1-13(2)26-16-7-4-14(5-8-16)19(22)21-11-20(3,23)15-6-9-17-18(10-15)25-12-24-17/h4-10,13,23H,11-12H2,1-3H3,(H,21,22). The summed E-state index contributed by atoms with van der Waals surface area (Å²) < 4.78 is 16.2. The molecular weight excluding hydrogens is 334 g/mol. The van der Waals surface area contributed by atoms with Gasteiger partial charge in [-0.05, 0) is 62.7 Å². The zero-order valence-electron chi connectivity index (χ0n) is 15.1. The number of rotatable bonds is 6. The molecule has 1 unspecified atom stereocenters. The van der Waals surface area contributed by atoms with Crippen LogP contribution in [0.25, 0.3) is 0 Å². The molecule has 1 atom stereocenters. The van der Waals surface area contributed by atoms with Crippen molar-refractivity contribution >= 4 is 5.91 Å². The Bertz CT molecular complexity index is 783. The number of ether oxygens (including phenoxy) is 3. The second-order valence-corrected chi connectivity index (χ2v) is 6.72. The van der Waals surface area contributed by atoms with Crippen LogP contribution in [0.5, 0.6) is 17.2 Å². The SMILES string of the molecule is CC(C)Oc1ccc(C(=O)NCC(C)(O)c2ccc3c(c2)OCO3)cc1. The highest BCUT2D eigenvalue weighted by molar-refractivity contribution is 5.94. The predicted octanol–water partition coefficient (Wildman–Crippen LogP) is 2.84. The Hall–Kier alpha value is -2.73. The van der Waals surface area contributed by atoms with Crippen LogP contribution >= 0.6 is 0 Å². The molecule has 2 aromatic rings. The van der Waals surface area contributed by atoms with Gasteiger partial charge in [0.05, 0.1) is 12.6 Å². The van der Waals surface area contributed by atoms with Crippen molar-refractivity contribution in [3.05, 3.63) is 53.6 Å². The molecule has 2 N–H and O–H groups in total. The van der Waals surface area contributed by atoms with Crippen molar-refractivity contribution in [1.29, 1.82) is 0 Å². The molecule has 1 aliphatic rings. The van der Waals surface area contributed by atoms with Crippen LogP contribution in [0.1, 0.15) is 36.7 Å². The number of hydrogen-bond acceptors (Lipinski definition) is 5. The first kappa shape index (κ1) is 18.1. The van der Waals surface area contributed by atoms with Gasteiger partial charge in [0.1, 0.15) is 11.4 Å². The smallest absolute Gasteiger partial charge is 0.251 e. The zero-order valence-corrected chi connectivity index (χ0v) is 15.1. The van der Waals surface area contributed by atoms with Gasteiger partial charge >= 0.3 is 0 Å². The Balaban J connectivity index is 1.62. The first-order valence-electron chi connectivity index (χ1n) is 8.52. The maximum Gasteiger partial charge on any atom is 0.251 e. The van der Waals surface area contributed by atoms with Crippen LogP contribution in [0.15, 0.2) is 42.5 Å². The molecule has 6 heteroatoms. The molecule has 0 fully saturated rings. The lowest BCUT2D eigenvalue weighted by Gasteiger charge is -2.24. The zero-order chi connectivity index (χ0) is 18.7. The molecule has 26 heavy (non-hydrogen) atoms. The van der Waals surface area contributed by atoms with Gasteiger partial charge in [-0.2, -0.15) is 0 Å². The van der Waals surface area contributed by atoms with E-state index in [2.05, 4.69) is 5.32 Å². The molecule has 0 bridgehead atoms. The first-order valence-corrected chi connectivity index (χ1v) is 8.52. The fourth-order valence-electron chi connectivity index (χ4n) is 2.65. The molecule has 138 valence electrons. The summed E-state index contributed by atoms with van der Waals surface area (Å²) in [6, 6.07) is 12.1. The number of carbonyl (C=O) groups is 1. The number of benzene rings is 2. The Kier molecular flexibility index (Phi) is 5.04. The molecule has 2 aromatic carbocycles. The molecule has 3 rings (SSSR count). The van der Waals surface area contributed by atoms with Crippen LogP contribution in [-0.2, 0) is 5.60 Å². The average molecular weight is 357 g/mol. The lowest BCUT2D eigenvalue weighted by atomic mass is 9.95. The second kappa shape index (κ2) is 7.25. The summed E-state index contributed by atoms with van der Waals surface area (Å²) in [4.78, 5) is 12.3. The molecule has 1 heterocycles. The third-order valence-electron chi connectivity index (χ3n) is 4.08. The lowest BCUT2D eigenvalue weighted by molar-refractivity contribution is 0.0524. The molecule has 0 radical (unpaired) electrons. The Morgan fingerprint density at radius 3 is 2.58 bits per heavy atom. The van der Waals surface area contributed by atoms with E-state index in [0.29, 0.717) is 28.4 Å². The highest BCUT2D eigenvalue weighted by Gasteiger charge is 2.26. The lowest BCUT2D eigenvalue weighted by Crippen LogP contribution is -2.38. The van der Waals surface area contributed by atoms with Crippen molar-refractivity contribution in [3.63, 3.8) is 0 Å². The van der Waals surface area contributed by atoms with Crippen LogP contribution in [-0.4, -0.2) is 30.5 Å². The minimum Gasteiger partial charge on any atom is -0.491 e. The van der Waals surface area contributed by atoms with Gasteiger partial charge in [0, 0.05) is 5.56 Å². The van der Waals surface area contributed by atoms with Crippen molar-refractivity contribution in [3.8, 4) is 17.2 Å². The van der Waals surface area contributed by atoms with Gasteiger partial charge in [-0.25, -0.2) is 0 Å². The summed E-state index contributed by atoms with van der Waals surface area (Å²) in [6.45, 7) is 5.77. The second-order valence-electron chi connectivity index (χ2n) is 6.72. The fourth-order valence-corrected chi connectivity index (χ4v) is 2.65. The molecule has 0 saturated heterocycles. The summed E-state index contributed by atoms with van der Waals surface area (Å²) in [5, 5.41) is 13.5. The largest absolute Gasteiger partial charge is 0.491 e. The van der Waals surface area contributed by atoms with Crippen molar-refractivity contribution < 1.29 is 24.1 Å². The molecule has 6 nitrogen and oxygen atoms in total. The molecule has 0 saturated carbocycles. The Labute approximate surface area is 152 Å². The van der Waals surface area contributed by atoms with Crippen LogP contribution < -0.4 is 19.5 Å². The van der Waals surface area contributed by atoms with Gasteiger partial charge in [0.2, 0.25) is 6.79 Å². The maximum absolute atomic E-state index is 12.3. The van der Waals surface area contributed by atoms with Crippen molar-refractivity contribution in [2.75, 3.05) is 13.3 Å². The van der Waals surface area contributed by atoms with E-state index < -0.39 is 5.60 Å². The quantitative estimate of drug-likeness (QED) is 0.831. The minimum atomic E-state index is -1.24. The molecule has 0 aromatic heterocycles. The third-order valence-corrected chi connectivity index (χ3v) is 4.08. The fraction of sp³-hybridized carbons (Fsp3) is 0.350. The van der Waals surface area contributed by atoms with E-state index in [9.17, 15) is 9.90 Å². The summed E-state index contributed by atoms with van der Waals surface area (Å²) in [7, 11) is 0. The van der Waals surface area contributed by atoms with Crippen LogP contribution in [0.4, 0.5) is 0 Å². The van der Waals surface area contributed by atoms with E-state index in [1.54, 1.807) is 49.4 Å². The number of aliphatic hydroxyl groups is 1. The number of nitrogens with one attached hydrogen (secondary N) is 1. The van der Waals surface area contributed by atoms with E-state index in [-0.39, 0.29) is 25.3 Å². The van der Waals surface area contributed by atoms with Gasteiger partial charge in [0.25, 0.3) is 5.91 Å². The normalized spacial score (nSPS) is 14.8. The van der Waals surface area contributed by atoms with Crippen LogP contribution in [0.2, 0.25) is 0 Å². The maximum atomic E-state index is 12.3. The van der Waals surface area contributed by atoms with Gasteiger partial charge in [-0.1, -0.05) is 6.07 Å². The predicted molar refractivity (Wildman–Crippen MR) is 96.7 cm³/mol. The number of amides is 1. The van der Waals surface area contributed by atoms with Gasteiger partial charge in [-0.15, -0.1) is 0 Å². The first-order chi connectivity index (χ1) is 12.3. The minimum absolute atomic E-state index is 0.0652. The van der Waals surface area contributed by atoms with Crippen LogP contribution in [0, 0.1) is 0 Å². The van der Waals surface area contributed by atoms with E-state index in [1.165, 1.54) is 0 Å². The van der Waals surface area contributed by atoms with Crippen molar-refractivity contribution in [2.24, 2.45) is 0 Å². The highest BCUT2D eigenvalue weighted by Crippen LogP contribution is 2.35. The van der Waals surface area contributed by atoms with E-state index in [0.717, 1.165) is 0 Å². The number of carbonyl (C=O) groups excluding carboxylic acids is 1. The highest BCUT2D eigenvalue weighted by atomic mass is 16.7. The Morgan fingerprint density at radius 1 is 1.19 bits per heavy atom. The molecular formula is C20H23NO5. The third kappa shape index (κ3) is 4.08. The monoisotopic (exact) mass is 357 g/mol. The van der Waals surface area contributed by atoms with E-state index in [1.807, 2.05) is 13.8 Å². The van der Waals surface area contributed by atoms with E-state index >= 15 is 0 Å². The van der Waals surface area contributed by atoms with Gasteiger partial charge < -0.3 is 24.6 Å². The number of hydrogen-bond donors (Lipinski definition) is 2. The molecule has 0 aliphatic carbocycles. The molecule has 1 amide bonds. The summed E-state index contributed by atoms with van der Waals surface area (Å²) in [5.41, 5.74) is -0.0949. The molecule has 0 spiro atoms. The topological polar surface area (TPSA) is 77.0 Å². The molecule has 1 aliphatic heterocycles. The summed E-state index contributed by atoms with van der Waals surface area (Å²) in [6.07, 6.45) is 0.0754. The van der Waals surface area contributed by atoms with Gasteiger partial charge in [0.15, 0.2) is 11.5 Å². The Morgan fingerprint density at radius 2 is 1.88 bits per heavy atom. The average Bonchev–Trinajstić information content (AvgIpc) is 3.07. The van der Waals surface area contributed by atoms with Crippen molar-refractivity contribution in [2.45, 2.75) is 32.5 Å². The van der Waals surface area contributed by atoms with Crippen molar-refractivity contribution in [1.82, 2.24) is 5.32 Å². The van der Waals surface area contributed by atoms with E-state index in [4.69, 9.17) is 14.2 Å².